The summed E-state index contributed by atoms with van der Waals surface area (Å²) in [5.41, 5.74) is 5.15. The minimum absolute atomic E-state index is 0.109. The molecule has 0 rings (SSSR count). The molecule has 0 aliphatic heterocycles. The molecule has 0 bridgehead atoms. The number of oxime groups is 1. The highest BCUT2D eigenvalue weighted by atomic mass is 16.4. The maximum Gasteiger partial charge on any atom is 0.227 e. The van der Waals surface area contributed by atoms with E-state index >= 15 is 0 Å². The number of amides is 2. The molecule has 0 saturated heterocycles. The molecule has 0 radical (unpaired) electrons. The van der Waals surface area contributed by atoms with E-state index in [4.69, 9.17) is 10.9 Å². The maximum atomic E-state index is 11.3. The third kappa shape index (κ3) is 9.16. The topological polar surface area (TPSA) is 117 Å². The predicted octanol–water partition coefficient (Wildman–Crippen LogP) is -0.599. The Morgan fingerprint density at radius 3 is 2.47 bits per heavy atom. The second-order valence-electron chi connectivity index (χ2n) is 4.07. The van der Waals surface area contributed by atoms with Gasteiger partial charge in [0.1, 0.15) is 5.84 Å². The molecule has 0 aromatic rings. The molecule has 0 fully saturated rings. The van der Waals surface area contributed by atoms with Crippen LogP contribution in [0.25, 0.3) is 0 Å². The number of hydrogen-bond acceptors (Lipinski definition) is 4. The van der Waals surface area contributed by atoms with E-state index in [9.17, 15) is 9.59 Å². The standard InChI is InChI=1S/C10H20N4O3/c1-7(2)6-13-9(15)3-4-12-10(16)5-8(11)14-17/h7,17H,3-6H2,1-2H3,(H2,11,14)(H,12,16)(H,13,15). The summed E-state index contributed by atoms with van der Waals surface area (Å²) < 4.78 is 0. The molecule has 0 aromatic carbocycles. The Hall–Kier alpha value is -1.79. The molecule has 0 unspecified atom stereocenters. The number of nitrogens with zero attached hydrogens (tertiary/aromatic N) is 1. The molecule has 5 N–H and O–H groups in total. The van der Waals surface area contributed by atoms with Crippen LogP contribution in [-0.2, 0) is 9.59 Å². The molecule has 0 aliphatic rings. The summed E-state index contributed by atoms with van der Waals surface area (Å²) in [5, 5.41) is 16.1. The summed E-state index contributed by atoms with van der Waals surface area (Å²) in [6, 6.07) is 0. The van der Waals surface area contributed by atoms with Crippen LogP contribution in [0, 0.1) is 5.92 Å². The van der Waals surface area contributed by atoms with Crippen molar-refractivity contribution in [3.8, 4) is 0 Å². The van der Waals surface area contributed by atoms with E-state index in [2.05, 4.69) is 15.8 Å². The minimum Gasteiger partial charge on any atom is -0.409 e. The minimum atomic E-state index is -0.378. The Morgan fingerprint density at radius 1 is 1.29 bits per heavy atom. The van der Waals surface area contributed by atoms with E-state index in [0.29, 0.717) is 12.5 Å². The molecular formula is C10H20N4O3. The fourth-order valence-corrected chi connectivity index (χ4v) is 0.984. The molecule has 0 aromatic heterocycles. The van der Waals surface area contributed by atoms with E-state index in [1.54, 1.807) is 0 Å². The van der Waals surface area contributed by atoms with Gasteiger partial charge in [-0.2, -0.15) is 0 Å². The van der Waals surface area contributed by atoms with Gasteiger partial charge in [-0.05, 0) is 5.92 Å². The Balaban J connectivity index is 3.63. The number of carbonyl (C=O) groups excluding carboxylic acids is 2. The van der Waals surface area contributed by atoms with Gasteiger partial charge in [0.25, 0.3) is 0 Å². The van der Waals surface area contributed by atoms with Gasteiger partial charge in [-0.1, -0.05) is 19.0 Å². The van der Waals surface area contributed by atoms with Crippen LogP contribution in [0.1, 0.15) is 26.7 Å². The van der Waals surface area contributed by atoms with Crippen molar-refractivity contribution < 1.29 is 14.8 Å². The number of nitrogens with two attached hydrogens (primary N) is 1. The van der Waals surface area contributed by atoms with Crippen LogP contribution in [0.2, 0.25) is 0 Å². The highest BCUT2D eigenvalue weighted by Gasteiger charge is 2.06. The average molecular weight is 244 g/mol. The van der Waals surface area contributed by atoms with Crippen molar-refractivity contribution in [2.45, 2.75) is 26.7 Å². The molecular weight excluding hydrogens is 224 g/mol. The highest BCUT2D eigenvalue weighted by molar-refractivity contribution is 5.98. The average Bonchev–Trinajstić information content (AvgIpc) is 2.26. The number of carbonyl (C=O) groups is 2. The lowest BCUT2D eigenvalue weighted by Gasteiger charge is -2.08. The first-order chi connectivity index (χ1) is 7.95. The first kappa shape index (κ1) is 15.2. The van der Waals surface area contributed by atoms with E-state index in [1.165, 1.54) is 0 Å². The van der Waals surface area contributed by atoms with E-state index < -0.39 is 0 Å². The first-order valence-electron chi connectivity index (χ1n) is 5.45. The van der Waals surface area contributed by atoms with Crippen LogP contribution in [0.15, 0.2) is 5.16 Å². The zero-order chi connectivity index (χ0) is 13.3. The molecule has 0 saturated carbocycles. The summed E-state index contributed by atoms with van der Waals surface area (Å²) in [7, 11) is 0. The third-order valence-electron chi connectivity index (χ3n) is 1.85. The summed E-state index contributed by atoms with van der Waals surface area (Å²) in [4.78, 5) is 22.4. The van der Waals surface area contributed by atoms with Crippen molar-refractivity contribution >= 4 is 17.6 Å². The van der Waals surface area contributed by atoms with Crippen molar-refractivity contribution in [1.82, 2.24) is 10.6 Å². The van der Waals surface area contributed by atoms with Gasteiger partial charge in [-0.15, -0.1) is 0 Å². The monoisotopic (exact) mass is 244 g/mol. The zero-order valence-corrected chi connectivity index (χ0v) is 10.2. The lowest BCUT2D eigenvalue weighted by Crippen LogP contribution is -2.33. The highest BCUT2D eigenvalue weighted by Crippen LogP contribution is 1.88. The van der Waals surface area contributed by atoms with Crippen molar-refractivity contribution in [1.29, 1.82) is 0 Å². The van der Waals surface area contributed by atoms with Gasteiger partial charge in [0.05, 0.1) is 6.42 Å². The summed E-state index contributed by atoms with van der Waals surface area (Å²) in [5.74, 6) is -0.249. The van der Waals surface area contributed by atoms with Gasteiger partial charge in [-0.25, -0.2) is 0 Å². The molecule has 0 spiro atoms. The molecule has 0 atom stereocenters. The molecule has 98 valence electrons. The van der Waals surface area contributed by atoms with Gasteiger partial charge >= 0.3 is 0 Å². The summed E-state index contributed by atoms with van der Waals surface area (Å²) in [6.45, 7) is 4.86. The van der Waals surface area contributed by atoms with Crippen molar-refractivity contribution in [3.05, 3.63) is 0 Å². The Morgan fingerprint density at radius 2 is 1.94 bits per heavy atom. The van der Waals surface area contributed by atoms with Crippen molar-refractivity contribution in [2.75, 3.05) is 13.1 Å². The number of amidine groups is 1. The van der Waals surface area contributed by atoms with Crippen LogP contribution >= 0.6 is 0 Å². The molecule has 0 heterocycles. The van der Waals surface area contributed by atoms with E-state index in [1.807, 2.05) is 13.8 Å². The van der Waals surface area contributed by atoms with E-state index in [-0.39, 0.29) is 37.0 Å². The molecule has 7 nitrogen and oxygen atoms in total. The van der Waals surface area contributed by atoms with Crippen LogP contribution in [0.3, 0.4) is 0 Å². The van der Waals surface area contributed by atoms with Gasteiger partial charge < -0.3 is 21.6 Å². The lowest BCUT2D eigenvalue weighted by atomic mass is 10.2. The SMILES string of the molecule is CC(C)CNC(=O)CCNC(=O)CC(N)=NO. The molecule has 7 heteroatoms. The van der Waals surface area contributed by atoms with E-state index in [0.717, 1.165) is 0 Å². The normalized spacial score (nSPS) is 11.4. The predicted molar refractivity (Wildman–Crippen MR) is 63.5 cm³/mol. The van der Waals surface area contributed by atoms with Gasteiger partial charge in [0.15, 0.2) is 0 Å². The number of rotatable bonds is 7. The Bertz CT molecular complexity index is 289. The van der Waals surface area contributed by atoms with Crippen LogP contribution in [0.5, 0.6) is 0 Å². The summed E-state index contributed by atoms with van der Waals surface area (Å²) >= 11 is 0. The second kappa shape index (κ2) is 8.37. The Labute approximate surface area is 100 Å². The first-order valence-corrected chi connectivity index (χ1v) is 5.45. The van der Waals surface area contributed by atoms with Crippen molar-refractivity contribution in [2.24, 2.45) is 16.8 Å². The maximum absolute atomic E-state index is 11.3. The third-order valence-corrected chi connectivity index (χ3v) is 1.85. The number of hydrogen-bond donors (Lipinski definition) is 4. The summed E-state index contributed by atoms with van der Waals surface area (Å²) in [6.07, 6.45) is 0.0404. The van der Waals surface area contributed by atoms with Crippen LogP contribution < -0.4 is 16.4 Å². The second-order valence-corrected chi connectivity index (χ2v) is 4.07. The van der Waals surface area contributed by atoms with Crippen LogP contribution in [-0.4, -0.2) is 35.9 Å². The van der Waals surface area contributed by atoms with Gasteiger partial charge in [0.2, 0.25) is 11.8 Å². The zero-order valence-electron chi connectivity index (χ0n) is 10.2. The van der Waals surface area contributed by atoms with Gasteiger partial charge in [0, 0.05) is 19.5 Å². The molecule has 2 amide bonds. The quantitative estimate of drug-likeness (QED) is 0.207. The smallest absolute Gasteiger partial charge is 0.227 e. The lowest BCUT2D eigenvalue weighted by molar-refractivity contribution is -0.121. The fourth-order valence-electron chi connectivity index (χ4n) is 0.984. The van der Waals surface area contributed by atoms with Crippen molar-refractivity contribution in [3.63, 3.8) is 0 Å². The van der Waals surface area contributed by atoms with Gasteiger partial charge in [-0.3, -0.25) is 9.59 Å². The molecule has 17 heavy (non-hydrogen) atoms. The van der Waals surface area contributed by atoms with Crippen LogP contribution in [0.4, 0.5) is 0 Å². The largest absolute Gasteiger partial charge is 0.409 e. The number of nitrogens with one attached hydrogen (secondary N) is 2. The fraction of sp³-hybridized carbons (Fsp3) is 0.700. The molecule has 0 aliphatic carbocycles. The Kier molecular flexibility index (Phi) is 7.49.